The third-order valence-corrected chi connectivity index (χ3v) is 6.54. The number of aromatic amines is 1. The number of halogens is 1. The zero-order chi connectivity index (χ0) is 26.1. The zero-order valence-corrected chi connectivity index (χ0v) is 20.5. The average Bonchev–Trinajstić information content (AvgIpc) is 3.23. The van der Waals surface area contributed by atoms with Crippen LogP contribution in [0.3, 0.4) is 0 Å². The number of ketones is 1. The highest BCUT2D eigenvalue weighted by molar-refractivity contribution is 6.06. The van der Waals surface area contributed by atoms with Crippen LogP contribution in [0.15, 0.2) is 66.9 Å². The molecule has 3 heterocycles. The van der Waals surface area contributed by atoms with Crippen LogP contribution in [0.4, 0.5) is 10.2 Å². The number of benzene rings is 2. The fraction of sp³-hybridized carbons (Fsp3) is 0.172. The van der Waals surface area contributed by atoms with Gasteiger partial charge in [-0.2, -0.15) is 0 Å². The Kier molecular flexibility index (Phi) is 6.40. The molecule has 0 saturated heterocycles. The summed E-state index contributed by atoms with van der Waals surface area (Å²) in [5, 5.41) is 2.78. The van der Waals surface area contributed by atoms with Gasteiger partial charge in [-0.15, -0.1) is 0 Å². The van der Waals surface area contributed by atoms with Gasteiger partial charge in [0.15, 0.2) is 5.78 Å². The third-order valence-electron chi connectivity index (χ3n) is 6.54. The maximum Gasteiger partial charge on any atom is 0.257 e. The molecule has 0 radical (unpaired) electrons. The van der Waals surface area contributed by atoms with Crippen molar-refractivity contribution in [3.8, 4) is 11.3 Å². The largest absolute Gasteiger partial charge is 0.356 e. The predicted octanol–water partition coefficient (Wildman–Crippen LogP) is 4.91. The number of pyridine rings is 1. The van der Waals surface area contributed by atoms with Crippen LogP contribution in [0.25, 0.3) is 11.3 Å². The number of rotatable bonds is 5. The zero-order valence-electron chi connectivity index (χ0n) is 20.5. The van der Waals surface area contributed by atoms with E-state index in [4.69, 9.17) is 0 Å². The van der Waals surface area contributed by atoms with E-state index in [9.17, 15) is 18.8 Å². The molecular weight excluding hydrogens is 471 g/mol. The summed E-state index contributed by atoms with van der Waals surface area (Å²) in [5.41, 5.74) is 5.53. The summed E-state index contributed by atoms with van der Waals surface area (Å²) < 4.78 is 13.5. The number of aromatic nitrogens is 2. The van der Waals surface area contributed by atoms with Crippen LogP contribution in [-0.2, 0) is 17.8 Å². The number of hydrogen-bond acceptors (Lipinski definition) is 4. The number of nitrogens with zero attached hydrogens (tertiary/aromatic N) is 2. The molecule has 0 saturated carbocycles. The normalized spacial score (nSPS) is 12.8. The Bertz CT molecular complexity index is 1530. The molecule has 0 spiro atoms. The van der Waals surface area contributed by atoms with Gasteiger partial charge in [0, 0.05) is 41.9 Å². The van der Waals surface area contributed by atoms with Crippen LogP contribution in [0.5, 0.6) is 0 Å². The highest BCUT2D eigenvalue weighted by Crippen LogP contribution is 2.34. The molecule has 2 aromatic carbocycles. The van der Waals surface area contributed by atoms with E-state index in [-0.39, 0.29) is 18.2 Å². The van der Waals surface area contributed by atoms with Crippen molar-refractivity contribution in [2.24, 2.45) is 0 Å². The molecule has 2 amide bonds. The Morgan fingerprint density at radius 2 is 1.86 bits per heavy atom. The van der Waals surface area contributed by atoms with Crippen molar-refractivity contribution in [1.82, 2.24) is 14.9 Å². The van der Waals surface area contributed by atoms with E-state index in [0.717, 1.165) is 22.4 Å². The molecule has 1 aliphatic heterocycles. The molecule has 186 valence electrons. The van der Waals surface area contributed by atoms with Crippen molar-refractivity contribution in [2.75, 3.05) is 11.9 Å². The van der Waals surface area contributed by atoms with E-state index >= 15 is 0 Å². The van der Waals surface area contributed by atoms with Crippen LogP contribution in [-0.4, -0.2) is 39.0 Å². The highest BCUT2D eigenvalue weighted by Gasteiger charge is 2.31. The van der Waals surface area contributed by atoms with Crippen LogP contribution >= 0.6 is 0 Å². The van der Waals surface area contributed by atoms with Crippen molar-refractivity contribution >= 4 is 23.4 Å². The summed E-state index contributed by atoms with van der Waals surface area (Å²) in [5.74, 6) is -0.761. The van der Waals surface area contributed by atoms with E-state index in [2.05, 4.69) is 15.3 Å². The predicted molar refractivity (Wildman–Crippen MR) is 138 cm³/mol. The minimum absolute atomic E-state index is 0.0378. The van der Waals surface area contributed by atoms with E-state index in [1.807, 2.05) is 30.3 Å². The Balaban J connectivity index is 1.53. The monoisotopic (exact) mass is 496 g/mol. The van der Waals surface area contributed by atoms with Crippen LogP contribution in [0.1, 0.15) is 50.0 Å². The summed E-state index contributed by atoms with van der Waals surface area (Å²) >= 11 is 0. The lowest BCUT2D eigenvalue weighted by Crippen LogP contribution is -2.38. The number of amides is 2. The van der Waals surface area contributed by atoms with Crippen LogP contribution < -0.4 is 5.32 Å². The number of hydrogen-bond donors (Lipinski definition) is 2. The topological polar surface area (TPSA) is 95.2 Å². The average molecular weight is 497 g/mol. The number of Topliss-reactive ketones (excluding diaryl/α,β-unsaturated/α-hetero) is 1. The van der Waals surface area contributed by atoms with Crippen molar-refractivity contribution in [3.05, 3.63) is 106 Å². The van der Waals surface area contributed by atoms with Crippen molar-refractivity contribution in [1.29, 1.82) is 0 Å². The van der Waals surface area contributed by atoms with Crippen LogP contribution in [0.2, 0.25) is 0 Å². The molecule has 37 heavy (non-hydrogen) atoms. The molecular formula is C29H25FN4O3. The Hall–Kier alpha value is -4.59. The van der Waals surface area contributed by atoms with Crippen molar-refractivity contribution < 1.29 is 18.8 Å². The standard InChI is InChI=1S/C29H25FN4O3/c1-17-12-21(30)8-9-22(17)29(37)33-26-14-20(10-11-31-26)28-23(13-19-6-4-3-5-7-19)27-24(32-28)15-34(18(2)35)16-25(27)36/h3-12,14,32H,13,15-16H2,1-2H3,(H,31,33,37). The first kappa shape index (κ1) is 24.1. The molecule has 7 nitrogen and oxygen atoms in total. The van der Waals surface area contributed by atoms with Gasteiger partial charge < -0.3 is 15.2 Å². The van der Waals surface area contributed by atoms with Gasteiger partial charge in [-0.1, -0.05) is 30.3 Å². The van der Waals surface area contributed by atoms with E-state index in [1.165, 1.54) is 30.0 Å². The second-order valence-corrected chi connectivity index (χ2v) is 9.14. The Morgan fingerprint density at radius 1 is 1.08 bits per heavy atom. The van der Waals surface area contributed by atoms with Gasteiger partial charge in [0.1, 0.15) is 11.6 Å². The third kappa shape index (κ3) is 4.91. The fourth-order valence-corrected chi connectivity index (χ4v) is 4.72. The first-order valence-corrected chi connectivity index (χ1v) is 11.9. The quantitative estimate of drug-likeness (QED) is 0.410. The Labute approximate surface area is 213 Å². The first-order valence-electron chi connectivity index (χ1n) is 11.9. The minimum Gasteiger partial charge on any atom is -0.356 e. The van der Waals surface area contributed by atoms with E-state index in [0.29, 0.717) is 41.2 Å². The van der Waals surface area contributed by atoms with Gasteiger partial charge in [0.25, 0.3) is 5.91 Å². The van der Waals surface area contributed by atoms with Crippen LogP contribution in [0, 0.1) is 12.7 Å². The Morgan fingerprint density at radius 3 is 2.59 bits per heavy atom. The number of carbonyl (C=O) groups excluding carboxylic acids is 3. The lowest BCUT2D eigenvalue weighted by Gasteiger charge is -2.25. The number of fused-ring (bicyclic) bond motifs is 1. The van der Waals surface area contributed by atoms with Gasteiger partial charge in [-0.3, -0.25) is 14.4 Å². The van der Waals surface area contributed by atoms with E-state index < -0.39 is 11.7 Å². The molecule has 0 aliphatic carbocycles. The lowest BCUT2D eigenvalue weighted by molar-refractivity contribution is -0.129. The van der Waals surface area contributed by atoms with Gasteiger partial charge in [0.2, 0.25) is 5.91 Å². The van der Waals surface area contributed by atoms with Gasteiger partial charge in [0.05, 0.1) is 18.8 Å². The molecule has 1 aliphatic rings. The number of carbonyl (C=O) groups is 3. The molecule has 0 atom stereocenters. The lowest BCUT2D eigenvalue weighted by atomic mass is 9.93. The molecule has 2 aromatic heterocycles. The molecule has 4 aromatic rings. The first-order chi connectivity index (χ1) is 17.8. The molecule has 5 rings (SSSR count). The maximum atomic E-state index is 13.5. The smallest absolute Gasteiger partial charge is 0.257 e. The molecule has 0 bridgehead atoms. The molecule has 0 fully saturated rings. The number of aryl methyl sites for hydroxylation is 1. The second kappa shape index (κ2) is 9.81. The number of anilines is 1. The second-order valence-electron chi connectivity index (χ2n) is 9.14. The summed E-state index contributed by atoms with van der Waals surface area (Å²) in [6, 6.07) is 17.4. The minimum atomic E-state index is -0.409. The summed E-state index contributed by atoms with van der Waals surface area (Å²) in [6.45, 7) is 3.48. The fourth-order valence-electron chi connectivity index (χ4n) is 4.72. The highest BCUT2D eigenvalue weighted by atomic mass is 19.1. The SMILES string of the molecule is CC(=O)N1CC(=O)c2c([nH]c(-c3ccnc(NC(=O)c4ccc(F)cc4C)c3)c2Cc2ccccc2)C1. The molecule has 0 unspecified atom stereocenters. The summed E-state index contributed by atoms with van der Waals surface area (Å²) in [4.78, 5) is 47.2. The molecule has 8 heteroatoms. The van der Waals surface area contributed by atoms with Gasteiger partial charge >= 0.3 is 0 Å². The number of H-pyrrole nitrogens is 1. The maximum absolute atomic E-state index is 13.5. The van der Waals surface area contributed by atoms with Crippen molar-refractivity contribution in [2.45, 2.75) is 26.8 Å². The summed E-state index contributed by atoms with van der Waals surface area (Å²) in [6.07, 6.45) is 2.10. The number of nitrogens with one attached hydrogen (secondary N) is 2. The molecule has 2 N–H and O–H groups in total. The summed E-state index contributed by atoms with van der Waals surface area (Å²) in [7, 11) is 0. The van der Waals surface area contributed by atoms with Gasteiger partial charge in [-0.25, -0.2) is 9.37 Å². The van der Waals surface area contributed by atoms with E-state index in [1.54, 1.807) is 25.3 Å². The van der Waals surface area contributed by atoms with Crippen molar-refractivity contribution in [3.63, 3.8) is 0 Å². The van der Waals surface area contributed by atoms with Gasteiger partial charge in [-0.05, 0) is 53.9 Å².